The van der Waals surface area contributed by atoms with Crippen molar-refractivity contribution in [2.45, 2.75) is 38.6 Å². The average Bonchev–Trinajstić information content (AvgIpc) is 2.42. The van der Waals surface area contributed by atoms with E-state index in [0.29, 0.717) is 6.42 Å². The van der Waals surface area contributed by atoms with Gasteiger partial charge in [-0.05, 0) is 26.2 Å². The molecule has 90 valence electrons. The zero-order chi connectivity index (χ0) is 12.0. The van der Waals surface area contributed by atoms with Gasteiger partial charge in [0.25, 0.3) is 0 Å². The van der Waals surface area contributed by atoms with Crippen molar-refractivity contribution in [2.75, 3.05) is 13.2 Å². The van der Waals surface area contributed by atoms with Crippen LogP contribution in [0.2, 0.25) is 0 Å². The molecule has 0 aliphatic carbocycles. The van der Waals surface area contributed by atoms with E-state index in [2.05, 4.69) is 0 Å². The maximum atomic E-state index is 11.5. The van der Waals surface area contributed by atoms with Crippen molar-refractivity contribution in [3.05, 3.63) is 0 Å². The molecule has 2 fully saturated rings. The Labute approximate surface area is 94.7 Å². The second kappa shape index (κ2) is 6.25. The van der Waals surface area contributed by atoms with Crippen LogP contribution < -0.4 is 0 Å². The first-order valence-electron chi connectivity index (χ1n) is 5.56. The van der Waals surface area contributed by atoms with E-state index in [1.807, 2.05) is 0 Å². The fourth-order valence-electron chi connectivity index (χ4n) is 1.95. The van der Waals surface area contributed by atoms with Crippen LogP contribution >= 0.6 is 0 Å². The van der Waals surface area contributed by atoms with Crippen LogP contribution in [-0.2, 0) is 19.1 Å². The van der Waals surface area contributed by atoms with E-state index in [-0.39, 0.29) is 24.5 Å². The van der Waals surface area contributed by atoms with Gasteiger partial charge in [0.05, 0.1) is 6.42 Å². The highest BCUT2D eigenvalue weighted by Crippen LogP contribution is 2.21. The van der Waals surface area contributed by atoms with Crippen LogP contribution in [0.25, 0.3) is 0 Å². The van der Waals surface area contributed by atoms with Gasteiger partial charge in [0.15, 0.2) is 0 Å². The summed E-state index contributed by atoms with van der Waals surface area (Å²) >= 11 is 0. The molecule has 0 aromatic rings. The number of carbonyl (C=O) groups is 3. The highest BCUT2D eigenvalue weighted by atomic mass is 16.5. The van der Waals surface area contributed by atoms with E-state index in [9.17, 15) is 9.59 Å². The lowest BCUT2D eigenvalue weighted by atomic mass is 10.0. The highest BCUT2D eigenvalue weighted by Gasteiger charge is 2.35. The fourth-order valence-corrected chi connectivity index (χ4v) is 1.95. The number of rotatable bonds is 0. The van der Waals surface area contributed by atoms with Crippen LogP contribution in [0.15, 0.2) is 0 Å². The summed E-state index contributed by atoms with van der Waals surface area (Å²) in [5, 5.41) is 0. The molecule has 2 aliphatic rings. The van der Waals surface area contributed by atoms with Crippen LogP contribution in [0.1, 0.15) is 32.6 Å². The van der Waals surface area contributed by atoms with Crippen molar-refractivity contribution < 1.29 is 19.1 Å². The molecule has 5 nitrogen and oxygen atoms in total. The van der Waals surface area contributed by atoms with Gasteiger partial charge in [-0.25, -0.2) is 4.79 Å². The number of piperidine rings is 1. The van der Waals surface area contributed by atoms with Crippen LogP contribution in [0, 0.1) is 0 Å². The maximum Gasteiger partial charge on any atom is 0.328 e. The molecule has 2 heterocycles. The predicted molar refractivity (Wildman–Crippen MR) is 56.7 cm³/mol. The lowest BCUT2D eigenvalue weighted by Crippen LogP contribution is -2.46. The van der Waals surface area contributed by atoms with Gasteiger partial charge in [0, 0.05) is 6.54 Å². The Morgan fingerprint density at radius 2 is 2.06 bits per heavy atom. The van der Waals surface area contributed by atoms with E-state index >= 15 is 0 Å². The number of ether oxygens (including phenoxy) is 1. The third kappa shape index (κ3) is 3.05. The monoisotopic (exact) mass is 227 g/mol. The van der Waals surface area contributed by atoms with Gasteiger partial charge in [-0.3, -0.25) is 4.79 Å². The van der Waals surface area contributed by atoms with Gasteiger partial charge >= 0.3 is 5.97 Å². The van der Waals surface area contributed by atoms with Crippen LogP contribution in [-0.4, -0.2) is 42.3 Å². The highest BCUT2D eigenvalue weighted by molar-refractivity contribution is 5.86. The third-order valence-corrected chi connectivity index (χ3v) is 2.66. The molecule has 1 unspecified atom stereocenters. The molecule has 0 bridgehead atoms. The number of nitrogens with zero attached hydrogens (tertiary/aromatic N) is 1. The number of fused-ring (bicyclic) bond motifs is 1. The van der Waals surface area contributed by atoms with Gasteiger partial charge in [-0.1, -0.05) is 0 Å². The molecule has 2 rings (SSSR count). The van der Waals surface area contributed by atoms with Crippen molar-refractivity contribution in [2.24, 2.45) is 0 Å². The van der Waals surface area contributed by atoms with Crippen molar-refractivity contribution in [3.63, 3.8) is 0 Å². The van der Waals surface area contributed by atoms with Gasteiger partial charge in [0.1, 0.15) is 18.9 Å². The number of aldehydes is 1. The molecule has 1 atom stereocenters. The molecular weight excluding hydrogens is 210 g/mol. The summed E-state index contributed by atoms with van der Waals surface area (Å²) in [6.45, 7) is 2.42. The first-order chi connectivity index (χ1) is 7.70. The lowest BCUT2D eigenvalue weighted by Gasteiger charge is -2.31. The minimum Gasteiger partial charge on any atom is -0.464 e. The molecule has 2 saturated heterocycles. The lowest BCUT2D eigenvalue weighted by molar-refractivity contribution is -0.151. The van der Waals surface area contributed by atoms with Crippen molar-refractivity contribution in [3.8, 4) is 0 Å². The summed E-state index contributed by atoms with van der Waals surface area (Å²) in [6, 6.07) is -0.288. The number of hydrogen-bond donors (Lipinski definition) is 0. The molecule has 2 aliphatic heterocycles. The summed E-state index contributed by atoms with van der Waals surface area (Å²) in [6.07, 6.45) is 3.89. The standard InChI is InChI=1S/C9H13NO3.C2H4O/c11-8-4-6-13-9(12)7-3-1-2-5-10(7)8;1-2-3/h7H,1-6H2;2H,1H3. The van der Waals surface area contributed by atoms with Crippen molar-refractivity contribution in [1.82, 2.24) is 4.90 Å². The Balaban J connectivity index is 0.000000386. The zero-order valence-electron chi connectivity index (χ0n) is 9.48. The minimum absolute atomic E-state index is 0.0653. The Bertz CT molecular complexity index is 253. The van der Waals surface area contributed by atoms with Gasteiger partial charge in [-0.2, -0.15) is 0 Å². The van der Waals surface area contributed by atoms with E-state index in [4.69, 9.17) is 9.53 Å². The number of amides is 1. The van der Waals surface area contributed by atoms with Crippen LogP contribution in [0.3, 0.4) is 0 Å². The first-order valence-corrected chi connectivity index (χ1v) is 5.56. The van der Waals surface area contributed by atoms with E-state index in [0.717, 1.165) is 32.1 Å². The van der Waals surface area contributed by atoms with E-state index in [1.54, 1.807) is 4.90 Å². The van der Waals surface area contributed by atoms with E-state index < -0.39 is 0 Å². The second-order valence-corrected chi connectivity index (χ2v) is 3.75. The van der Waals surface area contributed by atoms with Gasteiger partial charge in [0.2, 0.25) is 5.91 Å². The van der Waals surface area contributed by atoms with Crippen LogP contribution in [0.4, 0.5) is 0 Å². The largest absolute Gasteiger partial charge is 0.464 e. The number of hydrogen-bond acceptors (Lipinski definition) is 4. The molecular formula is C11H17NO4. The van der Waals surface area contributed by atoms with Crippen molar-refractivity contribution in [1.29, 1.82) is 0 Å². The van der Waals surface area contributed by atoms with Crippen molar-refractivity contribution >= 4 is 18.2 Å². The summed E-state index contributed by atoms with van der Waals surface area (Å²) in [4.78, 5) is 33.4. The first kappa shape index (κ1) is 12.7. The fraction of sp³-hybridized carbons (Fsp3) is 0.727. The minimum atomic E-state index is -0.288. The Morgan fingerprint density at radius 1 is 1.38 bits per heavy atom. The quantitative estimate of drug-likeness (QED) is 0.447. The number of esters is 1. The molecule has 0 radical (unpaired) electrons. The molecule has 5 heteroatoms. The maximum absolute atomic E-state index is 11.5. The Morgan fingerprint density at radius 3 is 2.75 bits per heavy atom. The summed E-state index contributed by atoms with van der Waals surface area (Å²) in [5.41, 5.74) is 0. The SMILES string of the molecule is CC=O.O=C1OCCC(=O)N2CCCCC12. The average molecular weight is 227 g/mol. The van der Waals surface area contributed by atoms with E-state index in [1.165, 1.54) is 6.92 Å². The number of carbonyl (C=O) groups excluding carboxylic acids is 3. The Hall–Kier alpha value is -1.39. The van der Waals surface area contributed by atoms with Gasteiger partial charge in [-0.15, -0.1) is 0 Å². The Kier molecular flexibility index (Phi) is 4.95. The molecule has 0 N–H and O–H groups in total. The molecule has 16 heavy (non-hydrogen) atoms. The van der Waals surface area contributed by atoms with Crippen LogP contribution in [0.5, 0.6) is 0 Å². The summed E-state index contributed by atoms with van der Waals surface area (Å²) in [7, 11) is 0. The molecule has 0 spiro atoms. The molecule has 0 aromatic carbocycles. The normalized spacial score (nSPS) is 24.6. The predicted octanol–water partition coefficient (Wildman–Crippen LogP) is 0.520. The van der Waals surface area contributed by atoms with Gasteiger partial charge < -0.3 is 14.4 Å². The molecule has 0 aromatic heterocycles. The summed E-state index contributed by atoms with van der Waals surface area (Å²) < 4.78 is 4.94. The molecule has 0 saturated carbocycles. The summed E-state index contributed by atoms with van der Waals surface area (Å²) in [5.74, 6) is -0.152. The number of cyclic esters (lactones) is 1. The second-order valence-electron chi connectivity index (χ2n) is 3.75. The zero-order valence-corrected chi connectivity index (χ0v) is 9.48. The smallest absolute Gasteiger partial charge is 0.328 e. The third-order valence-electron chi connectivity index (χ3n) is 2.66. The topological polar surface area (TPSA) is 63.7 Å². The molecule has 1 amide bonds.